The molecule has 0 aromatic carbocycles. The summed E-state index contributed by atoms with van der Waals surface area (Å²) >= 11 is 0. The second-order valence-corrected chi connectivity index (χ2v) is 3.44. The zero-order valence-corrected chi connectivity index (χ0v) is 9.12. The number of nitrogens with two attached hydrogens (primary N) is 1. The monoisotopic (exact) mass is 196 g/mol. The lowest BCUT2D eigenvalue weighted by molar-refractivity contribution is 0.278. The van der Waals surface area contributed by atoms with Gasteiger partial charge in [-0.25, -0.2) is 0 Å². The van der Waals surface area contributed by atoms with Crippen molar-refractivity contribution in [1.29, 1.82) is 0 Å². The smallest absolute Gasteiger partial charge is 0.121 e. The van der Waals surface area contributed by atoms with Crippen molar-refractivity contribution in [2.75, 3.05) is 13.1 Å². The minimum absolute atomic E-state index is 0.492. The standard InChI is InChI=1S/C11H20N2O/c1-3-6-13(4-2)9-10-5-7-14-11(10)8-12/h5,7H,3-4,6,8-9,12H2,1-2H3. The van der Waals surface area contributed by atoms with E-state index in [0.29, 0.717) is 6.54 Å². The summed E-state index contributed by atoms with van der Waals surface area (Å²) in [6.45, 7) is 8.02. The van der Waals surface area contributed by atoms with Gasteiger partial charge in [0.05, 0.1) is 12.8 Å². The van der Waals surface area contributed by atoms with Crippen LogP contribution in [0.5, 0.6) is 0 Å². The number of hydrogen-bond acceptors (Lipinski definition) is 3. The highest BCUT2D eigenvalue weighted by atomic mass is 16.3. The zero-order valence-electron chi connectivity index (χ0n) is 9.12. The first-order valence-electron chi connectivity index (χ1n) is 5.29. The fourth-order valence-corrected chi connectivity index (χ4v) is 1.59. The van der Waals surface area contributed by atoms with Gasteiger partial charge in [-0.3, -0.25) is 4.90 Å². The predicted molar refractivity (Wildman–Crippen MR) is 57.8 cm³/mol. The molecule has 0 saturated carbocycles. The molecule has 2 N–H and O–H groups in total. The van der Waals surface area contributed by atoms with Crippen LogP contribution in [0.3, 0.4) is 0 Å². The maximum absolute atomic E-state index is 5.57. The molecule has 0 amide bonds. The molecule has 80 valence electrons. The molecule has 1 aromatic heterocycles. The van der Waals surface area contributed by atoms with E-state index in [0.717, 1.165) is 25.4 Å². The second-order valence-electron chi connectivity index (χ2n) is 3.44. The maximum atomic E-state index is 5.57. The van der Waals surface area contributed by atoms with Crippen LogP contribution in [0, 0.1) is 0 Å². The van der Waals surface area contributed by atoms with Crippen LogP contribution in [0.25, 0.3) is 0 Å². The molecule has 1 rings (SSSR count). The quantitative estimate of drug-likeness (QED) is 0.756. The van der Waals surface area contributed by atoms with E-state index < -0.39 is 0 Å². The largest absolute Gasteiger partial charge is 0.468 e. The van der Waals surface area contributed by atoms with Crippen molar-refractivity contribution in [3.05, 3.63) is 23.7 Å². The molecule has 0 atom stereocenters. The van der Waals surface area contributed by atoms with E-state index >= 15 is 0 Å². The Bertz CT molecular complexity index is 258. The highest BCUT2D eigenvalue weighted by Gasteiger charge is 2.08. The van der Waals surface area contributed by atoms with Crippen molar-refractivity contribution in [1.82, 2.24) is 4.90 Å². The van der Waals surface area contributed by atoms with Gasteiger partial charge >= 0.3 is 0 Å². The third kappa shape index (κ3) is 2.86. The van der Waals surface area contributed by atoms with E-state index in [-0.39, 0.29) is 0 Å². The first-order chi connectivity index (χ1) is 6.81. The SMILES string of the molecule is CCCN(CC)Cc1ccoc1CN. The van der Waals surface area contributed by atoms with Crippen LogP contribution in [0.2, 0.25) is 0 Å². The van der Waals surface area contributed by atoms with Crippen LogP contribution in [-0.2, 0) is 13.1 Å². The molecule has 0 fully saturated rings. The van der Waals surface area contributed by atoms with Crippen molar-refractivity contribution in [3.63, 3.8) is 0 Å². The Hall–Kier alpha value is -0.800. The number of furan rings is 1. The van der Waals surface area contributed by atoms with Gasteiger partial charge in [0.25, 0.3) is 0 Å². The van der Waals surface area contributed by atoms with E-state index in [4.69, 9.17) is 10.2 Å². The summed E-state index contributed by atoms with van der Waals surface area (Å²) in [5, 5.41) is 0. The van der Waals surface area contributed by atoms with Crippen molar-refractivity contribution in [2.45, 2.75) is 33.4 Å². The molecular weight excluding hydrogens is 176 g/mol. The minimum Gasteiger partial charge on any atom is -0.468 e. The summed E-state index contributed by atoms with van der Waals surface area (Å²) in [7, 11) is 0. The van der Waals surface area contributed by atoms with E-state index in [1.165, 1.54) is 12.0 Å². The molecule has 3 heteroatoms. The Morgan fingerprint density at radius 3 is 2.79 bits per heavy atom. The Morgan fingerprint density at radius 1 is 1.43 bits per heavy atom. The van der Waals surface area contributed by atoms with Gasteiger partial charge in [-0.05, 0) is 25.6 Å². The molecule has 0 aliphatic rings. The predicted octanol–water partition coefficient (Wildman–Crippen LogP) is 1.97. The van der Waals surface area contributed by atoms with Gasteiger partial charge in [0.2, 0.25) is 0 Å². The Kier molecular flexibility index (Phi) is 4.70. The maximum Gasteiger partial charge on any atom is 0.121 e. The van der Waals surface area contributed by atoms with E-state index in [9.17, 15) is 0 Å². The van der Waals surface area contributed by atoms with Crippen molar-refractivity contribution in [3.8, 4) is 0 Å². The summed E-state index contributed by atoms with van der Waals surface area (Å²) in [5.41, 5.74) is 6.80. The lowest BCUT2D eigenvalue weighted by Crippen LogP contribution is -2.24. The van der Waals surface area contributed by atoms with Crippen LogP contribution < -0.4 is 5.73 Å². The molecule has 0 aliphatic carbocycles. The van der Waals surface area contributed by atoms with E-state index in [1.54, 1.807) is 6.26 Å². The highest BCUT2D eigenvalue weighted by Crippen LogP contribution is 2.12. The second kappa shape index (κ2) is 5.83. The van der Waals surface area contributed by atoms with Gasteiger partial charge in [0.1, 0.15) is 5.76 Å². The number of hydrogen-bond donors (Lipinski definition) is 1. The molecule has 0 bridgehead atoms. The fraction of sp³-hybridized carbons (Fsp3) is 0.636. The molecule has 1 heterocycles. The van der Waals surface area contributed by atoms with Crippen LogP contribution in [0.15, 0.2) is 16.7 Å². The van der Waals surface area contributed by atoms with Crippen LogP contribution in [0.1, 0.15) is 31.6 Å². The van der Waals surface area contributed by atoms with Crippen LogP contribution in [-0.4, -0.2) is 18.0 Å². The Morgan fingerprint density at radius 2 is 2.21 bits per heavy atom. The molecule has 0 aliphatic heterocycles. The fourth-order valence-electron chi connectivity index (χ4n) is 1.59. The molecule has 0 unspecified atom stereocenters. The average molecular weight is 196 g/mol. The van der Waals surface area contributed by atoms with Crippen molar-refractivity contribution < 1.29 is 4.42 Å². The molecule has 1 aromatic rings. The number of rotatable bonds is 6. The molecule has 0 spiro atoms. The molecule has 3 nitrogen and oxygen atoms in total. The average Bonchev–Trinajstić information content (AvgIpc) is 2.64. The molecule has 0 radical (unpaired) electrons. The normalized spacial score (nSPS) is 11.1. The lowest BCUT2D eigenvalue weighted by atomic mass is 10.2. The summed E-state index contributed by atoms with van der Waals surface area (Å²) in [4.78, 5) is 2.39. The van der Waals surface area contributed by atoms with Crippen molar-refractivity contribution in [2.24, 2.45) is 5.73 Å². The summed E-state index contributed by atoms with van der Waals surface area (Å²) in [6.07, 6.45) is 2.90. The van der Waals surface area contributed by atoms with Gasteiger partial charge in [-0.2, -0.15) is 0 Å². The lowest BCUT2D eigenvalue weighted by Gasteiger charge is -2.18. The van der Waals surface area contributed by atoms with Crippen LogP contribution in [0.4, 0.5) is 0 Å². The van der Waals surface area contributed by atoms with Gasteiger partial charge in [-0.15, -0.1) is 0 Å². The van der Waals surface area contributed by atoms with E-state index in [2.05, 4.69) is 18.7 Å². The molecule has 0 saturated heterocycles. The van der Waals surface area contributed by atoms with Gasteiger partial charge in [-0.1, -0.05) is 13.8 Å². The van der Waals surface area contributed by atoms with Crippen LogP contribution >= 0.6 is 0 Å². The van der Waals surface area contributed by atoms with Gasteiger partial charge in [0, 0.05) is 12.1 Å². The van der Waals surface area contributed by atoms with Gasteiger partial charge < -0.3 is 10.2 Å². The topological polar surface area (TPSA) is 42.4 Å². The summed E-state index contributed by atoms with van der Waals surface area (Å²) in [5.74, 6) is 0.916. The van der Waals surface area contributed by atoms with Gasteiger partial charge in [0.15, 0.2) is 0 Å². The Balaban J connectivity index is 2.56. The third-order valence-corrected chi connectivity index (χ3v) is 2.40. The zero-order chi connectivity index (χ0) is 10.4. The third-order valence-electron chi connectivity index (χ3n) is 2.40. The number of nitrogens with zero attached hydrogens (tertiary/aromatic N) is 1. The molecule has 14 heavy (non-hydrogen) atoms. The first kappa shape index (κ1) is 11.3. The van der Waals surface area contributed by atoms with Crippen molar-refractivity contribution >= 4 is 0 Å². The minimum atomic E-state index is 0.492. The summed E-state index contributed by atoms with van der Waals surface area (Å²) < 4.78 is 5.29. The highest BCUT2D eigenvalue weighted by molar-refractivity contribution is 5.16. The molecular formula is C11H20N2O. The Labute approximate surface area is 85.9 Å². The summed E-state index contributed by atoms with van der Waals surface area (Å²) in [6, 6.07) is 2.01. The van der Waals surface area contributed by atoms with E-state index in [1.807, 2.05) is 6.07 Å². The first-order valence-corrected chi connectivity index (χ1v) is 5.29.